The minimum atomic E-state index is -1.04. The van der Waals surface area contributed by atoms with Crippen LogP contribution >= 0.6 is 0 Å². The molecular weight excluding hydrogens is 348 g/mol. The Bertz CT molecular complexity index is 481. The Morgan fingerprint density at radius 3 is 1.96 bits per heavy atom. The molecule has 0 heterocycles. The van der Waals surface area contributed by atoms with Gasteiger partial charge in [0, 0.05) is 29.4 Å². The summed E-state index contributed by atoms with van der Waals surface area (Å²) >= 11 is 0. The quantitative estimate of drug-likeness (QED) is 0.266. The van der Waals surface area contributed by atoms with Gasteiger partial charge in [0.1, 0.15) is 12.5 Å². The Labute approximate surface area is 155 Å². The fourth-order valence-corrected chi connectivity index (χ4v) is 3.44. The van der Waals surface area contributed by atoms with E-state index in [1.54, 1.807) is 0 Å². The summed E-state index contributed by atoms with van der Waals surface area (Å²) in [4.78, 5) is 0. The van der Waals surface area contributed by atoms with Crippen LogP contribution in [0.1, 0.15) is 5.56 Å². The number of ether oxygens (including phenoxy) is 4. The lowest BCUT2D eigenvalue weighted by molar-refractivity contribution is -0.0574. The van der Waals surface area contributed by atoms with Gasteiger partial charge in [-0.05, 0) is 29.8 Å². The zero-order chi connectivity index (χ0) is 18.8. The second-order valence-electron chi connectivity index (χ2n) is 8.81. The molecule has 4 nitrogen and oxygen atoms in total. The fraction of sp³-hybridized carbons (Fsp3) is 0.684. The molecule has 0 bridgehead atoms. The Hall–Kier alpha value is -0.666. The summed E-state index contributed by atoms with van der Waals surface area (Å²) in [5, 5.41) is 0. The van der Waals surface area contributed by atoms with Crippen LogP contribution in [0.5, 0.6) is 5.75 Å². The zero-order valence-electron chi connectivity index (χ0n) is 16.9. The number of rotatable bonds is 13. The third-order valence-electron chi connectivity index (χ3n) is 3.64. The lowest BCUT2D eigenvalue weighted by Gasteiger charge is -2.16. The standard InChI is InChI=1S/C19H36O4Si2/c1-24(2,3)12-10-20-16-22-15-18-8-7-9-19(14-18)23-17-21-11-13-25(4,5)6/h7-9,14H,10-13,15-17H2,1-6H3. The summed E-state index contributed by atoms with van der Waals surface area (Å²) in [6, 6.07) is 10.3. The van der Waals surface area contributed by atoms with Crippen LogP contribution in [-0.2, 0) is 20.8 Å². The monoisotopic (exact) mass is 384 g/mol. The van der Waals surface area contributed by atoms with Crippen molar-refractivity contribution in [3.8, 4) is 5.75 Å². The molecule has 144 valence electrons. The Kier molecular flexibility index (Phi) is 9.96. The van der Waals surface area contributed by atoms with Crippen molar-refractivity contribution in [1.29, 1.82) is 0 Å². The van der Waals surface area contributed by atoms with Crippen molar-refractivity contribution >= 4 is 16.1 Å². The van der Waals surface area contributed by atoms with Crippen molar-refractivity contribution in [3.63, 3.8) is 0 Å². The van der Waals surface area contributed by atoms with Crippen molar-refractivity contribution in [1.82, 2.24) is 0 Å². The summed E-state index contributed by atoms with van der Waals surface area (Å²) in [7, 11) is -2.06. The topological polar surface area (TPSA) is 36.9 Å². The van der Waals surface area contributed by atoms with Gasteiger partial charge in [-0.2, -0.15) is 0 Å². The average Bonchev–Trinajstić information content (AvgIpc) is 2.49. The van der Waals surface area contributed by atoms with E-state index < -0.39 is 16.1 Å². The van der Waals surface area contributed by atoms with E-state index in [1.165, 1.54) is 0 Å². The summed E-state index contributed by atoms with van der Waals surface area (Å²) in [6.07, 6.45) is 0. The molecule has 0 amide bonds. The van der Waals surface area contributed by atoms with Crippen LogP contribution in [0, 0.1) is 0 Å². The normalized spacial score (nSPS) is 12.4. The predicted molar refractivity (Wildman–Crippen MR) is 110 cm³/mol. The fourth-order valence-electron chi connectivity index (χ4n) is 1.93. The van der Waals surface area contributed by atoms with Gasteiger partial charge in [-0.1, -0.05) is 51.4 Å². The van der Waals surface area contributed by atoms with Crippen molar-refractivity contribution in [2.24, 2.45) is 0 Å². The van der Waals surface area contributed by atoms with Gasteiger partial charge in [-0.15, -0.1) is 0 Å². The van der Waals surface area contributed by atoms with Crippen LogP contribution in [0.3, 0.4) is 0 Å². The summed E-state index contributed by atoms with van der Waals surface area (Å²) < 4.78 is 22.4. The van der Waals surface area contributed by atoms with Gasteiger partial charge in [0.05, 0.1) is 6.61 Å². The maximum absolute atomic E-state index is 5.65. The van der Waals surface area contributed by atoms with Crippen molar-refractivity contribution in [2.75, 3.05) is 26.8 Å². The van der Waals surface area contributed by atoms with Crippen molar-refractivity contribution in [3.05, 3.63) is 29.8 Å². The maximum atomic E-state index is 5.65. The molecule has 0 aliphatic heterocycles. The molecule has 0 aromatic heterocycles. The second kappa shape index (κ2) is 11.1. The van der Waals surface area contributed by atoms with Crippen LogP contribution in [0.15, 0.2) is 24.3 Å². The first-order valence-electron chi connectivity index (χ1n) is 9.11. The highest BCUT2D eigenvalue weighted by atomic mass is 28.3. The molecule has 1 rings (SSSR count). The van der Waals surface area contributed by atoms with Crippen LogP contribution in [0.2, 0.25) is 51.4 Å². The molecule has 0 spiro atoms. The molecule has 1 aromatic rings. The van der Waals surface area contributed by atoms with E-state index in [2.05, 4.69) is 39.3 Å². The molecule has 0 N–H and O–H groups in total. The first-order chi connectivity index (χ1) is 11.7. The Morgan fingerprint density at radius 2 is 1.36 bits per heavy atom. The minimum Gasteiger partial charge on any atom is -0.468 e. The molecule has 1 aromatic carbocycles. The molecule has 0 saturated heterocycles. The van der Waals surface area contributed by atoms with E-state index in [4.69, 9.17) is 18.9 Å². The molecular formula is C19H36O4Si2. The lowest BCUT2D eigenvalue weighted by atomic mass is 10.2. The first kappa shape index (κ1) is 22.4. The van der Waals surface area contributed by atoms with Crippen molar-refractivity contribution in [2.45, 2.75) is 58.0 Å². The van der Waals surface area contributed by atoms with E-state index in [9.17, 15) is 0 Å². The van der Waals surface area contributed by atoms with E-state index in [1.807, 2.05) is 24.3 Å². The van der Waals surface area contributed by atoms with Gasteiger partial charge >= 0.3 is 0 Å². The van der Waals surface area contributed by atoms with Gasteiger partial charge in [0.15, 0.2) is 6.79 Å². The molecule has 0 aliphatic carbocycles. The maximum Gasteiger partial charge on any atom is 0.189 e. The number of hydrogen-bond acceptors (Lipinski definition) is 4. The lowest BCUT2D eigenvalue weighted by Crippen LogP contribution is -2.22. The third-order valence-corrected chi connectivity index (χ3v) is 7.04. The third kappa shape index (κ3) is 13.2. The smallest absolute Gasteiger partial charge is 0.189 e. The molecule has 0 fully saturated rings. The van der Waals surface area contributed by atoms with Crippen molar-refractivity contribution < 1.29 is 18.9 Å². The summed E-state index contributed by atoms with van der Waals surface area (Å²) in [5.41, 5.74) is 1.08. The van der Waals surface area contributed by atoms with E-state index in [-0.39, 0.29) is 0 Å². The second-order valence-corrected chi connectivity index (χ2v) is 20.1. The first-order valence-corrected chi connectivity index (χ1v) is 16.5. The van der Waals surface area contributed by atoms with Crippen LogP contribution in [0.4, 0.5) is 0 Å². The molecule has 0 atom stereocenters. The molecule has 25 heavy (non-hydrogen) atoms. The van der Waals surface area contributed by atoms with E-state index in [0.717, 1.165) is 36.6 Å². The van der Waals surface area contributed by atoms with Crippen LogP contribution in [-0.4, -0.2) is 42.9 Å². The Morgan fingerprint density at radius 1 is 0.760 bits per heavy atom. The largest absolute Gasteiger partial charge is 0.468 e. The predicted octanol–water partition coefficient (Wildman–Crippen LogP) is 5.21. The number of benzene rings is 1. The molecule has 6 heteroatoms. The highest BCUT2D eigenvalue weighted by Gasteiger charge is 2.12. The molecule has 0 radical (unpaired) electrons. The van der Waals surface area contributed by atoms with Gasteiger partial charge in [-0.3, -0.25) is 0 Å². The summed E-state index contributed by atoms with van der Waals surface area (Å²) in [6.45, 7) is 16.8. The van der Waals surface area contributed by atoms with Crippen LogP contribution < -0.4 is 4.74 Å². The SMILES string of the molecule is C[Si](C)(C)CCOCOCc1cccc(OCOCC[Si](C)(C)C)c1. The molecule has 0 unspecified atom stereocenters. The molecule has 0 aliphatic rings. The number of hydrogen-bond donors (Lipinski definition) is 0. The average molecular weight is 385 g/mol. The highest BCUT2D eigenvalue weighted by molar-refractivity contribution is 6.76. The van der Waals surface area contributed by atoms with E-state index >= 15 is 0 Å². The van der Waals surface area contributed by atoms with Gasteiger partial charge in [-0.25, -0.2) is 0 Å². The zero-order valence-corrected chi connectivity index (χ0v) is 18.9. The van der Waals surface area contributed by atoms with Crippen LogP contribution in [0.25, 0.3) is 0 Å². The summed E-state index contributed by atoms with van der Waals surface area (Å²) in [5.74, 6) is 0.814. The van der Waals surface area contributed by atoms with Gasteiger partial charge < -0.3 is 18.9 Å². The van der Waals surface area contributed by atoms with E-state index in [0.29, 0.717) is 20.2 Å². The van der Waals surface area contributed by atoms with Gasteiger partial charge in [0.2, 0.25) is 0 Å². The Balaban J connectivity index is 2.17. The molecule has 0 saturated carbocycles. The highest BCUT2D eigenvalue weighted by Crippen LogP contribution is 2.15. The minimum absolute atomic E-state index is 0.300. The van der Waals surface area contributed by atoms with Gasteiger partial charge in [0.25, 0.3) is 0 Å².